The van der Waals surface area contributed by atoms with E-state index < -0.39 is 35.2 Å². The van der Waals surface area contributed by atoms with E-state index >= 15 is 0 Å². The average Bonchev–Trinajstić information content (AvgIpc) is 3.53. The first-order valence-corrected chi connectivity index (χ1v) is 14.1. The highest BCUT2D eigenvalue weighted by atomic mass is 32.2. The van der Waals surface area contributed by atoms with Crippen LogP contribution in [0, 0.1) is 6.92 Å². The second-order valence-electron chi connectivity index (χ2n) is 8.27. The Hall–Kier alpha value is -4.23. The number of nitrogens with one attached hydrogen (secondary N) is 1. The Morgan fingerprint density at radius 2 is 2.02 bits per heavy atom. The molecular weight excluding hydrogens is 586 g/mol. The fraction of sp³-hybridized carbons (Fsp3) is 0.286. The minimum atomic E-state index is -1.30. The summed E-state index contributed by atoms with van der Waals surface area (Å²) >= 11 is 3.56. The third-order valence-electron chi connectivity index (χ3n) is 5.82. The van der Waals surface area contributed by atoms with Crippen LogP contribution in [0.2, 0.25) is 0 Å². The lowest BCUT2D eigenvalue weighted by Gasteiger charge is -2.49. The highest BCUT2D eigenvalue weighted by Crippen LogP contribution is 2.41. The van der Waals surface area contributed by atoms with Crippen molar-refractivity contribution >= 4 is 75.2 Å². The van der Waals surface area contributed by atoms with Gasteiger partial charge in [-0.25, -0.2) is 19.6 Å². The van der Waals surface area contributed by atoms with Gasteiger partial charge >= 0.3 is 11.9 Å². The van der Waals surface area contributed by atoms with Gasteiger partial charge < -0.3 is 26.1 Å². The molecule has 5 heterocycles. The molecule has 0 saturated carbocycles. The fourth-order valence-electron chi connectivity index (χ4n) is 4.08. The summed E-state index contributed by atoms with van der Waals surface area (Å²) in [6, 6.07) is 0.350. The quantitative estimate of drug-likeness (QED) is 0.0831. The molecule has 2 atom stereocenters. The van der Waals surface area contributed by atoms with Gasteiger partial charge in [-0.1, -0.05) is 5.16 Å². The van der Waals surface area contributed by atoms with Gasteiger partial charge in [0.2, 0.25) is 0 Å². The van der Waals surface area contributed by atoms with Gasteiger partial charge in [0, 0.05) is 23.0 Å². The number of aryl methyl sites for hydroxylation is 1. The van der Waals surface area contributed by atoms with Crippen molar-refractivity contribution < 1.29 is 34.2 Å². The number of aromatic nitrogens is 5. The van der Waals surface area contributed by atoms with E-state index in [9.17, 15) is 29.4 Å². The number of oxime groups is 1. The van der Waals surface area contributed by atoms with E-state index in [0.717, 1.165) is 16.2 Å². The summed E-state index contributed by atoms with van der Waals surface area (Å²) in [5, 5.41) is 35.0. The molecule has 40 heavy (non-hydrogen) atoms. The molecule has 0 aromatic carbocycles. The number of carbonyl (C=O) groups excluding carboxylic acids is 2. The zero-order valence-corrected chi connectivity index (χ0v) is 23.0. The number of carboxylic acid groups (broad SMARTS) is 2. The fourth-order valence-corrected chi connectivity index (χ4v) is 7.20. The predicted octanol–water partition coefficient (Wildman–Crippen LogP) is 0.0510. The normalized spacial score (nSPS) is 18.9. The van der Waals surface area contributed by atoms with Crippen LogP contribution < -0.4 is 11.1 Å². The molecule has 3 aromatic rings. The molecule has 2 aliphatic heterocycles. The third kappa shape index (κ3) is 4.82. The zero-order chi connectivity index (χ0) is 28.7. The summed E-state index contributed by atoms with van der Waals surface area (Å²) in [4.78, 5) is 63.7. The van der Waals surface area contributed by atoms with Crippen molar-refractivity contribution in [1.29, 1.82) is 0 Å². The van der Waals surface area contributed by atoms with Gasteiger partial charge in [-0.15, -0.1) is 45.1 Å². The first kappa shape index (κ1) is 27.3. The van der Waals surface area contributed by atoms with Crippen LogP contribution in [-0.2, 0) is 19.2 Å². The Labute approximate surface area is 236 Å². The van der Waals surface area contributed by atoms with Crippen molar-refractivity contribution in [1.82, 2.24) is 34.8 Å². The number of nitrogens with zero attached hydrogens (tertiary/aromatic N) is 7. The molecule has 0 unspecified atom stereocenters. The Kier molecular flexibility index (Phi) is 7.34. The second kappa shape index (κ2) is 10.7. The molecule has 2 aliphatic rings. The van der Waals surface area contributed by atoms with E-state index in [4.69, 9.17) is 10.6 Å². The van der Waals surface area contributed by atoms with Crippen LogP contribution in [-0.4, -0.2) is 99.2 Å². The van der Waals surface area contributed by atoms with Crippen molar-refractivity contribution in [3.63, 3.8) is 0 Å². The summed E-state index contributed by atoms with van der Waals surface area (Å²) in [6.45, 7) is 1.68. The number of carbonyl (C=O) groups is 4. The third-order valence-corrected chi connectivity index (χ3v) is 8.92. The number of β-lactam (4-membered cyclic amide) rings is 1. The molecular formula is C21H19N9O7S3. The van der Waals surface area contributed by atoms with Gasteiger partial charge in [-0.2, -0.15) is 0 Å². The Morgan fingerprint density at radius 3 is 2.67 bits per heavy atom. The molecule has 1 saturated heterocycles. The predicted molar refractivity (Wildman–Crippen MR) is 143 cm³/mol. The van der Waals surface area contributed by atoms with E-state index in [0.29, 0.717) is 16.4 Å². The molecule has 0 radical (unpaired) electrons. The number of rotatable bonds is 9. The topological polar surface area (TPSA) is 228 Å². The first-order valence-electron chi connectivity index (χ1n) is 11.2. The van der Waals surface area contributed by atoms with Gasteiger partial charge in [0.1, 0.15) is 35.7 Å². The van der Waals surface area contributed by atoms with Crippen LogP contribution in [0.3, 0.4) is 0 Å². The minimum absolute atomic E-state index is 0.0960. The van der Waals surface area contributed by atoms with Crippen LogP contribution in [0.1, 0.15) is 22.0 Å². The monoisotopic (exact) mass is 605 g/mol. The van der Waals surface area contributed by atoms with Crippen molar-refractivity contribution in [3.8, 4) is 0 Å². The number of hydrogen-bond donors (Lipinski definition) is 4. The molecule has 0 spiro atoms. The number of carboxylic acids is 2. The highest BCUT2D eigenvalue weighted by Gasteiger charge is 2.54. The Bertz CT molecular complexity index is 1630. The molecule has 1 fully saturated rings. The summed E-state index contributed by atoms with van der Waals surface area (Å²) < 4.78 is 1.56. The largest absolute Gasteiger partial charge is 0.477 e. The van der Waals surface area contributed by atoms with Crippen molar-refractivity contribution in [2.75, 3.05) is 24.3 Å². The lowest BCUT2D eigenvalue weighted by Crippen LogP contribution is -2.71. The summed E-state index contributed by atoms with van der Waals surface area (Å²) in [5.74, 6) is -2.93. The van der Waals surface area contributed by atoms with Gasteiger partial charge in [0.15, 0.2) is 16.5 Å². The smallest absolute Gasteiger partial charge is 0.354 e. The number of amides is 2. The number of aromatic carboxylic acids is 1. The molecule has 19 heteroatoms. The van der Waals surface area contributed by atoms with Gasteiger partial charge in [-0.05, 0) is 12.5 Å². The van der Waals surface area contributed by atoms with Crippen molar-refractivity contribution in [3.05, 3.63) is 39.9 Å². The van der Waals surface area contributed by atoms with Crippen molar-refractivity contribution in [2.45, 2.75) is 23.4 Å². The average molecular weight is 606 g/mol. The summed E-state index contributed by atoms with van der Waals surface area (Å²) in [6.07, 6.45) is 0. The molecule has 5 rings (SSSR count). The number of aliphatic carboxylic acids is 1. The van der Waals surface area contributed by atoms with E-state index in [1.54, 1.807) is 11.3 Å². The zero-order valence-electron chi connectivity index (χ0n) is 20.6. The van der Waals surface area contributed by atoms with Gasteiger partial charge in [0.05, 0.1) is 5.03 Å². The van der Waals surface area contributed by atoms with E-state index in [-0.39, 0.29) is 45.2 Å². The molecule has 16 nitrogen and oxygen atoms in total. The number of thiazole rings is 1. The number of anilines is 1. The lowest BCUT2D eigenvalue weighted by molar-refractivity contribution is -0.150. The van der Waals surface area contributed by atoms with Crippen LogP contribution in [0.4, 0.5) is 5.13 Å². The maximum absolute atomic E-state index is 13.1. The van der Waals surface area contributed by atoms with Crippen LogP contribution in [0.25, 0.3) is 5.78 Å². The SMILES string of the molecule is CO/N=C(\C(=O)N[C@@H]1C(=O)N2C(C(=O)O)=C(CSc3cc(C(=O)O)nc4nnc(C)n34)CS[C@H]12)c1csc(N)n1. The van der Waals surface area contributed by atoms with Crippen LogP contribution >= 0.6 is 34.9 Å². The summed E-state index contributed by atoms with van der Waals surface area (Å²) in [7, 11) is 1.25. The van der Waals surface area contributed by atoms with Crippen LogP contribution in [0.5, 0.6) is 0 Å². The molecule has 208 valence electrons. The minimum Gasteiger partial charge on any atom is -0.477 e. The number of nitrogens with two attached hydrogens (primary N) is 1. The molecule has 5 N–H and O–H groups in total. The number of fused-ring (bicyclic) bond motifs is 2. The molecule has 0 aliphatic carbocycles. The first-order chi connectivity index (χ1) is 19.1. The molecule has 0 bridgehead atoms. The maximum Gasteiger partial charge on any atom is 0.354 e. The molecule has 3 aromatic heterocycles. The summed E-state index contributed by atoms with van der Waals surface area (Å²) in [5.41, 5.74) is 5.67. The van der Waals surface area contributed by atoms with E-state index in [1.165, 1.54) is 42.1 Å². The second-order valence-corrected chi connectivity index (χ2v) is 11.3. The maximum atomic E-state index is 13.1. The van der Waals surface area contributed by atoms with Gasteiger partial charge in [0.25, 0.3) is 17.6 Å². The van der Waals surface area contributed by atoms with E-state index in [2.05, 4.69) is 30.6 Å². The highest BCUT2D eigenvalue weighted by molar-refractivity contribution is 8.01. The van der Waals surface area contributed by atoms with Crippen molar-refractivity contribution in [2.24, 2.45) is 5.16 Å². The van der Waals surface area contributed by atoms with Gasteiger partial charge in [-0.3, -0.25) is 18.9 Å². The van der Waals surface area contributed by atoms with E-state index in [1.807, 2.05) is 0 Å². The Balaban J connectivity index is 1.36. The number of hydrogen-bond acceptors (Lipinski definition) is 14. The standard InChI is InChI=1S/C21H19N9O7S3/c1-7-26-27-21-24-9(18(33)34)3-11(29(7)21)38-4-8-5-39-17-13(16(32)30(17)14(8)19(35)36)25-15(31)12(28-37-2)10-6-40-20(22)23-10/h3,6,13,17H,4-5H2,1-2H3,(H2,22,23)(H,25,31)(H,33,34)(H,35,36)/b28-12-/t13-,17-/m1/s1. The molecule has 2 amide bonds. The number of nitrogen functional groups attached to an aromatic ring is 1. The van der Waals surface area contributed by atoms with Crippen LogP contribution in [0.15, 0.2) is 32.9 Å². The number of thioether (sulfide) groups is 2. The lowest BCUT2D eigenvalue weighted by atomic mass is 10.0. The Morgan fingerprint density at radius 1 is 1.25 bits per heavy atom.